The number of H-pyrrole nitrogens is 1. The molecular weight excluding hydrogens is 419 g/mol. The summed E-state index contributed by atoms with van der Waals surface area (Å²) in [5.74, 6) is -4.07. The zero-order valence-corrected chi connectivity index (χ0v) is 17.1. The number of rotatable bonds is 2. The molecule has 2 atom stereocenters. The van der Waals surface area contributed by atoms with Crippen LogP contribution in [-0.4, -0.2) is 36.6 Å². The van der Waals surface area contributed by atoms with Gasteiger partial charge in [-0.2, -0.15) is 5.10 Å². The number of aryl methyl sites for hydroxylation is 1. The number of nitrogens with zero attached hydrogens (tertiary/aromatic N) is 4. The molecule has 1 N–H and O–H groups in total. The molecule has 6 nitrogen and oxygen atoms in total. The van der Waals surface area contributed by atoms with Crippen molar-refractivity contribution in [3.8, 4) is 11.3 Å². The van der Waals surface area contributed by atoms with Crippen LogP contribution in [0.25, 0.3) is 22.3 Å². The minimum absolute atomic E-state index is 0.0627. The molecule has 2 aliphatic heterocycles. The minimum Gasteiger partial charge on any atom is -0.345 e. The van der Waals surface area contributed by atoms with Crippen molar-refractivity contribution in [3.05, 3.63) is 70.9 Å². The van der Waals surface area contributed by atoms with Gasteiger partial charge in [-0.15, -0.1) is 0 Å². The van der Waals surface area contributed by atoms with Crippen LogP contribution in [0.2, 0.25) is 0 Å². The van der Waals surface area contributed by atoms with Crippen LogP contribution in [0.5, 0.6) is 0 Å². The van der Waals surface area contributed by atoms with E-state index in [1.54, 1.807) is 24.1 Å². The van der Waals surface area contributed by atoms with E-state index in [0.29, 0.717) is 23.2 Å². The summed E-state index contributed by atoms with van der Waals surface area (Å²) in [6, 6.07) is 7.15. The van der Waals surface area contributed by atoms with E-state index < -0.39 is 17.5 Å². The molecule has 9 heteroatoms. The molecule has 32 heavy (non-hydrogen) atoms. The van der Waals surface area contributed by atoms with Crippen molar-refractivity contribution in [1.29, 1.82) is 0 Å². The van der Waals surface area contributed by atoms with Gasteiger partial charge in [-0.25, -0.2) is 18.2 Å². The number of imidazole rings is 1. The fourth-order valence-electron chi connectivity index (χ4n) is 5.28. The van der Waals surface area contributed by atoms with Crippen LogP contribution in [0, 0.1) is 17.5 Å². The van der Waals surface area contributed by atoms with E-state index in [9.17, 15) is 18.0 Å². The van der Waals surface area contributed by atoms with Gasteiger partial charge < -0.3 is 9.88 Å². The normalized spacial score (nSPS) is 19.6. The van der Waals surface area contributed by atoms with E-state index in [-0.39, 0.29) is 23.6 Å². The quantitative estimate of drug-likeness (QED) is 0.476. The van der Waals surface area contributed by atoms with E-state index >= 15 is 0 Å². The van der Waals surface area contributed by atoms with Crippen molar-refractivity contribution >= 4 is 16.9 Å². The number of carbonyl (C=O) groups is 1. The van der Waals surface area contributed by atoms with Crippen molar-refractivity contribution in [3.63, 3.8) is 0 Å². The van der Waals surface area contributed by atoms with Gasteiger partial charge in [-0.05, 0) is 43.5 Å². The second kappa shape index (κ2) is 6.69. The zero-order chi connectivity index (χ0) is 22.1. The number of aromatic amines is 1. The minimum atomic E-state index is -1.49. The predicted octanol–water partition coefficient (Wildman–Crippen LogP) is 4.28. The molecule has 1 saturated heterocycles. The summed E-state index contributed by atoms with van der Waals surface area (Å²) in [5.41, 5.74) is 4.32. The molecule has 162 valence electrons. The van der Waals surface area contributed by atoms with Crippen molar-refractivity contribution in [2.45, 2.75) is 31.3 Å². The zero-order valence-electron chi connectivity index (χ0n) is 17.1. The molecule has 2 aromatic carbocycles. The second-order valence-electron chi connectivity index (χ2n) is 8.36. The van der Waals surface area contributed by atoms with Crippen LogP contribution in [-0.2, 0) is 13.5 Å². The molecule has 2 unspecified atom stereocenters. The summed E-state index contributed by atoms with van der Waals surface area (Å²) in [5, 5.41) is 4.63. The summed E-state index contributed by atoms with van der Waals surface area (Å²) in [6.07, 6.45) is 3.63. The summed E-state index contributed by atoms with van der Waals surface area (Å²) in [6.45, 7) is 0. The molecule has 0 radical (unpaired) electrons. The maximum atomic E-state index is 13.9. The Hall–Kier alpha value is -3.62. The standard InChI is InChI=1S/C23H18F3N5O/c1-30-22(11-7-15(24)19(26)16(25)8-11)14-9-12-5-6-18(21(14)29-30)31(12)23(32)13-3-2-4-17-20(13)28-10-27-17/h2-4,7-8,10,12,18H,5-6,9H2,1H3,(H,27,28). The van der Waals surface area contributed by atoms with Crippen LogP contribution >= 0.6 is 0 Å². The highest BCUT2D eigenvalue weighted by Crippen LogP contribution is 2.47. The van der Waals surface area contributed by atoms with Crippen molar-refractivity contribution < 1.29 is 18.0 Å². The second-order valence-corrected chi connectivity index (χ2v) is 8.36. The first-order valence-corrected chi connectivity index (χ1v) is 10.4. The summed E-state index contributed by atoms with van der Waals surface area (Å²) in [7, 11) is 1.69. The fraction of sp³-hybridized carbons (Fsp3) is 0.261. The number of benzene rings is 2. The van der Waals surface area contributed by atoms with Gasteiger partial charge in [0, 0.05) is 24.2 Å². The van der Waals surface area contributed by atoms with Gasteiger partial charge >= 0.3 is 0 Å². The van der Waals surface area contributed by atoms with Crippen LogP contribution < -0.4 is 0 Å². The highest BCUT2D eigenvalue weighted by molar-refractivity contribution is 6.05. The molecule has 0 aliphatic carbocycles. The highest BCUT2D eigenvalue weighted by Gasteiger charge is 2.46. The van der Waals surface area contributed by atoms with Gasteiger partial charge in [0.1, 0.15) is 5.52 Å². The first-order valence-electron chi connectivity index (χ1n) is 10.4. The fourth-order valence-corrected chi connectivity index (χ4v) is 5.28. The molecule has 2 aliphatic rings. The van der Waals surface area contributed by atoms with Gasteiger partial charge in [-0.3, -0.25) is 9.48 Å². The molecule has 6 rings (SSSR count). The molecule has 0 spiro atoms. The van der Waals surface area contributed by atoms with Crippen LogP contribution in [0.3, 0.4) is 0 Å². The highest BCUT2D eigenvalue weighted by atomic mass is 19.2. The Kier molecular flexibility index (Phi) is 3.99. The van der Waals surface area contributed by atoms with E-state index in [1.807, 2.05) is 17.0 Å². The number of carbonyl (C=O) groups excluding carboxylic acids is 1. The number of nitrogens with one attached hydrogen (secondary N) is 1. The van der Waals surface area contributed by atoms with Gasteiger partial charge in [0.2, 0.25) is 0 Å². The lowest BCUT2D eigenvalue weighted by Crippen LogP contribution is -2.42. The molecule has 0 saturated carbocycles. The molecule has 2 bridgehead atoms. The van der Waals surface area contributed by atoms with E-state index in [4.69, 9.17) is 0 Å². The number of para-hydroxylation sites is 1. The Labute approximate surface area is 180 Å². The lowest BCUT2D eigenvalue weighted by Gasteiger charge is -2.34. The van der Waals surface area contributed by atoms with Gasteiger partial charge in [-0.1, -0.05) is 6.07 Å². The molecular formula is C23H18F3N5O. The number of hydrogen-bond acceptors (Lipinski definition) is 3. The Balaban J connectivity index is 1.44. The molecule has 2 aromatic heterocycles. The molecule has 1 fully saturated rings. The van der Waals surface area contributed by atoms with Crippen molar-refractivity contribution in [1.82, 2.24) is 24.6 Å². The topological polar surface area (TPSA) is 66.8 Å². The predicted molar refractivity (Wildman–Crippen MR) is 110 cm³/mol. The first-order chi connectivity index (χ1) is 15.4. The SMILES string of the molecule is Cn1nc2c(c1-c1cc(F)c(F)c(F)c1)CC1CCC2N1C(=O)c1cccc2[nH]cnc12. The summed E-state index contributed by atoms with van der Waals surface area (Å²) < 4.78 is 42.9. The number of amides is 1. The maximum Gasteiger partial charge on any atom is 0.256 e. The first kappa shape index (κ1) is 19.1. The van der Waals surface area contributed by atoms with E-state index in [0.717, 1.165) is 41.7 Å². The largest absolute Gasteiger partial charge is 0.345 e. The summed E-state index contributed by atoms with van der Waals surface area (Å²) in [4.78, 5) is 22.8. The number of hydrogen-bond donors (Lipinski definition) is 1. The van der Waals surface area contributed by atoms with Crippen molar-refractivity contribution in [2.24, 2.45) is 7.05 Å². The van der Waals surface area contributed by atoms with Crippen molar-refractivity contribution in [2.75, 3.05) is 0 Å². The maximum absolute atomic E-state index is 13.9. The van der Waals surface area contributed by atoms with Gasteiger partial charge in [0.25, 0.3) is 5.91 Å². The van der Waals surface area contributed by atoms with Gasteiger partial charge in [0.05, 0.1) is 34.8 Å². The van der Waals surface area contributed by atoms with Gasteiger partial charge in [0.15, 0.2) is 17.5 Å². The molecule has 1 amide bonds. The van der Waals surface area contributed by atoms with Crippen LogP contribution in [0.1, 0.15) is 40.5 Å². The Morgan fingerprint density at radius 1 is 1.16 bits per heavy atom. The molecule has 4 aromatic rings. The average Bonchev–Trinajstić information content (AvgIpc) is 3.46. The third-order valence-corrected chi connectivity index (χ3v) is 6.61. The Morgan fingerprint density at radius 2 is 1.94 bits per heavy atom. The third-order valence-electron chi connectivity index (χ3n) is 6.61. The number of fused-ring (bicyclic) bond motifs is 5. The van der Waals surface area contributed by atoms with Crippen LogP contribution in [0.15, 0.2) is 36.7 Å². The smallest absolute Gasteiger partial charge is 0.256 e. The lowest BCUT2D eigenvalue weighted by atomic mass is 9.94. The number of halogens is 3. The van der Waals surface area contributed by atoms with E-state index in [2.05, 4.69) is 15.1 Å². The molecule has 4 heterocycles. The lowest BCUT2D eigenvalue weighted by molar-refractivity contribution is 0.0644. The van der Waals surface area contributed by atoms with E-state index in [1.165, 1.54) is 0 Å². The third kappa shape index (κ3) is 2.57. The monoisotopic (exact) mass is 437 g/mol. The Bertz CT molecular complexity index is 1390. The van der Waals surface area contributed by atoms with Crippen LogP contribution in [0.4, 0.5) is 13.2 Å². The summed E-state index contributed by atoms with van der Waals surface area (Å²) >= 11 is 0. The average molecular weight is 437 g/mol. The number of aromatic nitrogens is 4. The Morgan fingerprint density at radius 3 is 2.72 bits per heavy atom.